The van der Waals surface area contributed by atoms with Crippen molar-refractivity contribution in [1.29, 1.82) is 0 Å². The highest BCUT2D eigenvalue weighted by Gasteiger charge is 2.61. The Kier molecular flexibility index (Phi) is 5.37. The van der Waals surface area contributed by atoms with Gasteiger partial charge in [0.1, 0.15) is 0 Å². The third-order valence-electron chi connectivity index (χ3n) is 9.53. The van der Waals surface area contributed by atoms with E-state index in [0.29, 0.717) is 24.2 Å². The lowest BCUT2D eigenvalue weighted by molar-refractivity contribution is -0.136. The highest BCUT2D eigenvalue weighted by Crippen LogP contribution is 2.65. The molecule has 0 saturated heterocycles. The minimum absolute atomic E-state index is 0.0211. The van der Waals surface area contributed by atoms with E-state index >= 15 is 0 Å². The van der Waals surface area contributed by atoms with Crippen molar-refractivity contribution in [3.63, 3.8) is 0 Å². The van der Waals surface area contributed by atoms with Crippen LogP contribution in [-0.4, -0.2) is 29.6 Å². The summed E-state index contributed by atoms with van der Waals surface area (Å²) >= 11 is 0. The number of halogens is 3. The molecule has 0 spiro atoms. The van der Waals surface area contributed by atoms with Crippen molar-refractivity contribution in [3.8, 4) is 0 Å². The molecule has 1 aliphatic heterocycles. The fraction of sp³-hybridized carbons (Fsp3) is 0.760. The van der Waals surface area contributed by atoms with E-state index in [1.54, 1.807) is 6.08 Å². The lowest BCUT2D eigenvalue weighted by atomic mass is 9.48. The third kappa shape index (κ3) is 3.50. The van der Waals surface area contributed by atoms with Gasteiger partial charge in [0.15, 0.2) is 0 Å². The fourth-order valence-corrected chi connectivity index (χ4v) is 7.59. The normalized spacial score (nSPS) is 41.2. The Morgan fingerprint density at radius 3 is 2.47 bits per heavy atom. The average molecular weight is 453 g/mol. The minimum atomic E-state index is -4.55. The van der Waals surface area contributed by atoms with Gasteiger partial charge in [-0.3, -0.25) is 9.59 Å². The zero-order valence-corrected chi connectivity index (χ0v) is 19.4. The Labute approximate surface area is 188 Å². The first-order valence-electron chi connectivity index (χ1n) is 11.8. The Morgan fingerprint density at radius 1 is 1.12 bits per heavy atom. The second kappa shape index (κ2) is 7.36. The van der Waals surface area contributed by atoms with Gasteiger partial charge in [0, 0.05) is 17.4 Å². The summed E-state index contributed by atoms with van der Waals surface area (Å²) in [5.41, 5.74) is -2.77. The number of carbonyl (C=O) groups is 2. The summed E-state index contributed by atoms with van der Waals surface area (Å²) in [5, 5.41) is 5.82. The van der Waals surface area contributed by atoms with Crippen molar-refractivity contribution in [2.24, 2.45) is 34.5 Å². The van der Waals surface area contributed by atoms with Crippen molar-refractivity contribution < 1.29 is 22.8 Å². The van der Waals surface area contributed by atoms with Crippen molar-refractivity contribution >= 4 is 11.8 Å². The van der Waals surface area contributed by atoms with Crippen LogP contribution < -0.4 is 10.6 Å². The maximum atomic E-state index is 13.3. The van der Waals surface area contributed by atoms with Crippen LogP contribution in [-0.2, 0) is 9.59 Å². The maximum absolute atomic E-state index is 13.3. The van der Waals surface area contributed by atoms with Gasteiger partial charge in [0.05, 0.1) is 11.1 Å². The number of amides is 2. The van der Waals surface area contributed by atoms with Crippen LogP contribution in [0.1, 0.15) is 66.2 Å². The Bertz CT molecular complexity index is 864. The van der Waals surface area contributed by atoms with E-state index in [1.165, 1.54) is 13.8 Å². The van der Waals surface area contributed by atoms with Crippen LogP contribution >= 0.6 is 0 Å². The molecule has 32 heavy (non-hydrogen) atoms. The van der Waals surface area contributed by atoms with E-state index in [9.17, 15) is 22.8 Å². The molecule has 0 radical (unpaired) electrons. The van der Waals surface area contributed by atoms with Gasteiger partial charge in [0.2, 0.25) is 11.8 Å². The number of alkyl halides is 3. The van der Waals surface area contributed by atoms with E-state index in [4.69, 9.17) is 0 Å². The van der Waals surface area contributed by atoms with E-state index < -0.39 is 17.3 Å². The molecule has 0 aromatic heterocycles. The van der Waals surface area contributed by atoms with Gasteiger partial charge >= 0.3 is 6.18 Å². The monoisotopic (exact) mass is 452 g/mol. The molecule has 2 N–H and O–H groups in total. The molecule has 1 heterocycles. The molecule has 3 aliphatic carbocycles. The van der Waals surface area contributed by atoms with Gasteiger partial charge in [-0.2, -0.15) is 13.2 Å². The first kappa shape index (κ1) is 23.4. The molecule has 0 bridgehead atoms. The lowest BCUT2D eigenvalue weighted by Crippen LogP contribution is -2.60. The average Bonchev–Trinajstić information content (AvgIpc) is 3.04. The summed E-state index contributed by atoms with van der Waals surface area (Å²) < 4.78 is 39.6. The molecule has 178 valence electrons. The van der Waals surface area contributed by atoms with Gasteiger partial charge in [-0.25, -0.2) is 0 Å². The van der Waals surface area contributed by atoms with Gasteiger partial charge in [-0.1, -0.05) is 26.5 Å². The molecule has 4 aliphatic rings. The quantitative estimate of drug-likeness (QED) is 0.598. The molecule has 0 aromatic carbocycles. The molecule has 7 heteroatoms. The van der Waals surface area contributed by atoms with Crippen LogP contribution in [0.15, 0.2) is 24.3 Å². The maximum Gasteiger partial charge on any atom is 0.414 e. The summed E-state index contributed by atoms with van der Waals surface area (Å²) in [6, 6.07) is 0.153. The Hall–Kier alpha value is -1.79. The third-order valence-corrected chi connectivity index (χ3v) is 9.53. The van der Waals surface area contributed by atoms with Gasteiger partial charge in [0.25, 0.3) is 0 Å². The highest BCUT2D eigenvalue weighted by atomic mass is 19.4. The van der Waals surface area contributed by atoms with Crippen LogP contribution in [0.5, 0.6) is 0 Å². The SMILES string of the molecule is C=C(C(F)(F)F)C(C)(C)NC(=O)C1CC[C@H]2[C@@H]3CCC4NC(=O)C=C[C@]4(C)[C@@H]3CC[C@]12C. The fourth-order valence-electron chi connectivity index (χ4n) is 7.59. The molecule has 3 fully saturated rings. The molecule has 2 amide bonds. The summed E-state index contributed by atoms with van der Waals surface area (Å²) in [4.78, 5) is 25.1. The molecule has 4 nitrogen and oxygen atoms in total. The van der Waals surface area contributed by atoms with Crippen molar-refractivity contribution in [3.05, 3.63) is 24.3 Å². The summed E-state index contributed by atoms with van der Waals surface area (Å²) in [6.07, 6.45) is 4.63. The molecule has 7 atom stereocenters. The number of hydrogen-bond donors (Lipinski definition) is 2. The van der Waals surface area contributed by atoms with Crippen LogP contribution in [0.3, 0.4) is 0 Å². The zero-order valence-electron chi connectivity index (χ0n) is 19.4. The van der Waals surface area contributed by atoms with E-state index in [0.717, 1.165) is 32.1 Å². The lowest BCUT2D eigenvalue weighted by Gasteiger charge is -2.58. The Balaban J connectivity index is 1.53. The number of carbonyl (C=O) groups excluding carboxylic acids is 2. The first-order chi connectivity index (χ1) is 14.7. The minimum Gasteiger partial charge on any atom is -0.349 e. The van der Waals surface area contributed by atoms with Crippen LogP contribution in [0.25, 0.3) is 0 Å². The van der Waals surface area contributed by atoms with Crippen LogP contribution in [0.2, 0.25) is 0 Å². The largest absolute Gasteiger partial charge is 0.414 e. The first-order valence-corrected chi connectivity index (χ1v) is 11.8. The summed E-state index contributed by atoms with van der Waals surface area (Å²) in [7, 11) is 0. The smallest absolute Gasteiger partial charge is 0.349 e. The summed E-state index contributed by atoms with van der Waals surface area (Å²) in [5.74, 6) is 0.682. The predicted octanol–water partition coefficient (Wildman–Crippen LogP) is 4.91. The second-order valence-electron chi connectivity index (χ2n) is 11.5. The predicted molar refractivity (Wildman–Crippen MR) is 116 cm³/mol. The summed E-state index contributed by atoms with van der Waals surface area (Å²) in [6.45, 7) is 10.4. The van der Waals surface area contributed by atoms with Gasteiger partial charge in [-0.15, -0.1) is 0 Å². The van der Waals surface area contributed by atoms with Crippen molar-refractivity contribution in [1.82, 2.24) is 10.6 Å². The highest BCUT2D eigenvalue weighted by molar-refractivity contribution is 5.89. The topological polar surface area (TPSA) is 58.2 Å². The second-order valence-corrected chi connectivity index (χ2v) is 11.5. The van der Waals surface area contributed by atoms with Crippen molar-refractivity contribution in [2.45, 2.75) is 84.0 Å². The molecule has 0 aromatic rings. The zero-order chi connectivity index (χ0) is 23.7. The van der Waals surface area contributed by atoms with Gasteiger partial charge in [-0.05, 0) is 81.6 Å². The number of rotatable bonds is 3. The molecular formula is C25H35F3N2O2. The molecule has 3 saturated carbocycles. The van der Waals surface area contributed by atoms with Crippen molar-refractivity contribution in [2.75, 3.05) is 0 Å². The van der Waals surface area contributed by atoms with E-state index in [1.807, 2.05) is 0 Å². The number of nitrogens with one attached hydrogen (secondary N) is 2. The molecule has 2 unspecified atom stereocenters. The van der Waals surface area contributed by atoms with Crippen LogP contribution in [0, 0.1) is 34.5 Å². The van der Waals surface area contributed by atoms with E-state index in [2.05, 4.69) is 37.1 Å². The van der Waals surface area contributed by atoms with Gasteiger partial charge < -0.3 is 10.6 Å². The molecular weight excluding hydrogens is 417 g/mol. The number of fused-ring (bicyclic) bond motifs is 5. The van der Waals surface area contributed by atoms with Crippen LogP contribution in [0.4, 0.5) is 13.2 Å². The standard InChI is InChI=1S/C25H35F3N2O2/c1-14(25(26,27)28)22(2,3)30-21(32)18-8-7-16-15-6-9-19-24(5,13-11-20(31)29-19)17(15)10-12-23(16,18)4/h11,13,15-19H,1,6-10,12H2,2-5H3,(H,29,31)(H,30,32)/t15-,16-,17+,18?,19?,23-,24+/m0/s1. The van der Waals surface area contributed by atoms with E-state index in [-0.39, 0.29) is 34.6 Å². The Morgan fingerprint density at radius 2 is 1.81 bits per heavy atom. The number of hydrogen-bond acceptors (Lipinski definition) is 2. The molecule has 4 rings (SSSR count).